The smallest absolute Gasteiger partial charge is 0.323 e. The molecule has 0 aliphatic rings. The Kier molecular flexibility index (Phi) is 4.85. The largest absolute Gasteiger partial charge is 0.490 e. The zero-order chi connectivity index (χ0) is 16.3. The molecule has 0 aromatic heterocycles. The molecule has 0 heterocycles. The van der Waals surface area contributed by atoms with Crippen LogP contribution in [-0.4, -0.2) is 17.9 Å². The number of nitro groups is 1. The van der Waals surface area contributed by atoms with Gasteiger partial charge in [-0.1, -0.05) is 29.3 Å². The van der Waals surface area contributed by atoms with Crippen molar-refractivity contribution in [1.82, 2.24) is 0 Å². The number of hydrogen-bond acceptors (Lipinski definition) is 4. The maximum Gasteiger partial charge on any atom is 0.323 e. The maximum absolute atomic E-state index is 12.3. The molecule has 22 heavy (non-hydrogen) atoms. The van der Waals surface area contributed by atoms with Crippen molar-refractivity contribution >= 4 is 40.5 Å². The van der Waals surface area contributed by atoms with Gasteiger partial charge in [-0.3, -0.25) is 14.9 Å². The number of nitrogens with zero attached hydrogens (tertiary/aromatic N) is 1. The van der Waals surface area contributed by atoms with E-state index >= 15 is 0 Å². The van der Waals surface area contributed by atoms with Gasteiger partial charge >= 0.3 is 5.69 Å². The van der Waals surface area contributed by atoms with Gasteiger partial charge in [-0.25, -0.2) is 0 Å². The first-order valence-electron chi connectivity index (χ1n) is 6.01. The third-order valence-corrected chi connectivity index (χ3v) is 3.20. The summed E-state index contributed by atoms with van der Waals surface area (Å²) in [5, 5.41) is 14.4. The number of halogens is 2. The van der Waals surface area contributed by atoms with E-state index in [9.17, 15) is 14.9 Å². The highest BCUT2D eigenvalue weighted by molar-refractivity contribution is 6.35. The monoisotopic (exact) mass is 340 g/mol. The third kappa shape index (κ3) is 3.47. The molecular formula is C14H10Cl2N2O4. The molecule has 114 valence electrons. The molecule has 0 aliphatic heterocycles. The molecule has 0 spiro atoms. The first kappa shape index (κ1) is 16.1. The quantitative estimate of drug-likeness (QED) is 0.669. The van der Waals surface area contributed by atoms with E-state index in [4.69, 9.17) is 27.9 Å². The van der Waals surface area contributed by atoms with Crippen molar-refractivity contribution in [2.24, 2.45) is 0 Å². The van der Waals surface area contributed by atoms with Crippen LogP contribution in [0.25, 0.3) is 0 Å². The number of carbonyl (C=O) groups excluding carboxylic acids is 1. The first-order valence-corrected chi connectivity index (χ1v) is 6.77. The Bertz CT molecular complexity index is 729. The summed E-state index contributed by atoms with van der Waals surface area (Å²) in [5.41, 5.74) is -0.198. The zero-order valence-electron chi connectivity index (χ0n) is 11.3. The fraction of sp³-hybridized carbons (Fsp3) is 0.0714. The molecule has 0 saturated heterocycles. The second-order valence-electron chi connectivity index (χ2n) is 4.23. The van der Waals surface area contributed by atoms with E-state index < -0.39 is 16.5 Å². The Balaban J connectivity index is 2.39. The number of methoxy groups -OCH3 is 1. The molecule has 8 heteroatoms. The zero-order valence-corrected chi connectivity index (χ0v) is 12.8. The van der Waals surface area contributed by atoms with Crippen molar-refractivity contribution in [3.05, 3.63) is 62.1 Å². The lowest BCUT2D eigenvalue weighted by Gasteiger charge is -2.09. The van der Waals surface area contributed by atoms with Crippen molar-refractivity contribution in [2.75, 3.05) is 12.4 Å². The number of anilines is 1. The van der Waals surface area contributed by atoms with Crippen LogP contribution in [0.3, 0.4) is 0 Å². The van der Waals surface area contributed by atoms with Crippen molar-refractivity contribution in [3.8, 4) is 5.75 Å². The van der Waals surface area contributed by atoms with Crippen LogP contribution in [0.4, 0.5) is 11.4 Å². The highest BCUT2D eigenvalue weighted by Crippen LogP contribution is 2.31. The number of nitrogens with one attached hydrogen (secondary N) is 1. The SMILES string of the molecule is COc1cccc(C(=O)Nc2cc(Cl)cc(Cl)c2)c1[N+](=O)[O-]. The molecule has 6 nitrogen and oxygen atoms in total. The number of ether oxygens (including phenoxy) is 1. The van der Waals surface area contributed by atoms with Gasteiger partial charge in [0.1, 0.15) is 5.56 Å². The minimum atomic E-state index is -0.668. The van der Waals surface area contributed by atoms with Crippen molar-refractivity contribution in [2.45, 2.75) is 0 Å². The third-order valence-electron chi connectivity index (χ3n) is 2.77. The molecule has 0 aliphatic carbocycles. The molecular weight excluding hydrogens is 331 g/mol. The summed E-state index contributed by atoms with van der Waals surface area (Å²) < 4.78 is 4.92. The lowest BCUT2D eigenvalue weighted by Crippen LogP contribution is -2.14. The van der Waals surface area contributed by atoms with Crippen LogP contribution in [0.5, 0.6) is 5.75 Å². The van der Waals surface area contributed by atoms with Crippen LogP contribution >= 0.6 is 23.2 Å². The van der Waals surface area contributed by atoms with Gasteiger partial charge in [0.25, 0.3) is 5.91 Å². The van der Waals surface area contributed by atoms with Crippen LogP contribution in [0.15, 0.2) is 36.4 Å². The second-order valence-corrected chi connectivity index (χ2v) is 5.10. The summed E-state index contributed by atoms with van der Waals surface area (Å²) in [6.07, 6.45) is 0. The molecule has 1 amide bonds. The maximum atomic E-state index is 12.3. The standard InChI is InChI=1S/C14H10Cl2N2O4/c1-22-12-4-2-3-11(13(12)18(20)21)14(19)17-10-6-8(15)5-9(16)7-10/h2-7H,1H3,(H,17,19). The molecule has 0 atom stereocenters. The van der Waals surface area contributed by atoms with Crippen molar-refractivity contribution in [1.29, 1.82) is 0 Å². The minimum Gasteiger partial charge on any atom is -0.490 e. The lowest BCUT2D eigenvalue weighted by atomic mass is 10.1. The Hall–Kier alpha value is -2.31. The molecule has 0 radical (unpaired) electrons. The van der Waals surface area contributed by atoms with E-state index in [1.165, 1.54) is 43.5 Å². The van der Waals surface area contributed by atoms with E-state index in [0.29, 0.717) is 15.7 Å². The highest BCUT2D eigenvalue weighted by atomic mass is 35.5. The number of para-hydroxylation sites is 1. The Morgan fingerprint density at radius 3 is 2.41 bits per heavy atom. The Labute approximate surface area is 135 Å². The summed E-state index contributed by atoms with van der Waals surface area (Å²) in [6.45, 7) is 0. The number of benzene rings is 2. The van der Waals surface area contributed by atoms with Gasteiger partial charge in [0.15, 0.2) is 5.75 Å². The van der Waals surface area contributed by atoms with Gasteiger partial charge in [-0.15, -0.1) is 0 Å². The van der Waals surface area contributed by atoms with E-state index in [0.717, 1.165) is 0 Å². The van der Waals surface area contributed by atoms with Crippen molar-refractivity contribution < 1.29 is 14.5 Å². The summed E-state index contributed by atoms with van der Waals surface area (Å²) in [6, 6.07) is 8.71. The minimum absolute atomic E-state index is 0.00164. The van der Waals surface area contributed by atoms with Crippen LogP contribution < -0.4 is 10.1 Å². The summed E-state index contributed by atoms with van der Waals surface area (Å²) in [7, 11) is 1.29. The number of amides is 1. The van der Waals surface area contributed by atoms with Crippen LogP contribution in [-0.2, 0) is 0 Å². The first-order chi connectivity index (χ1) is 10.4. The predicted octanol–water partition coefficient (Wildman–Crippen LogP) is 4.16. The molecule has 0 unspecified atom stereocenters. The van der Waals surface area contributed by atoms with Crippen LogP contribution in [0, 0.1) is 10.1 Å². The molecule has 0 saturated carbocycles. The van der Waals surface area contributed by atoms with E-state index in [1.807, 2.05) is 0 Å². The lowest BCUT2D eigenvalue weighted by molar-refractivity contribution is -0.386. The van der Waals surface area contributed by atoms with Crippen LogP contribution in [0.2, 0.25) is 10.0 Å². The van der Waals surface area contributed by atoms with Gasteiger partial charge in [0, 0.05) is 15.7 Å². The summed E-state index contributed by atoms with van der Waals surface area (Å²) in [4.78, 5) is 22.8. The van der Waals surface area contributed by atoms with Gasteiger partial charge in [-0.05, 0) is 30.3 Å². The summed E-state index contributed by atoms with van der Waals surface area (Å²) >= 11 is 11.7. The van der Waals surface area contributed by atoms with Gasteiger partial charge in [0.2, 0.25) is 0 Å². The molecule has 2 rings (SSSR count). The number of hydrogen-bond donors (Lipinski definition) is 1. The van der Waals surface area contributed by atoms with E-state index in [2.05, 4.69) is 5.32 Å². The normalized spacial score (nSPS) is 10.1. The molecule has 1 N–H and O–H groups in total. The second kappa shape index (κ2) is 6.64. The van der Waals surface area contributed by atoms with Crippen molar-refractivity contribution in [3.63, 3.8) is 0 Å². The van der Waals surface area contributed by atoms with E-state index in [-0.39, 0.29) is 11.3 Å². The van der Waals surface area contributed by atoms with Crippen LogP contribution in [0.1, 0.15) is 10.4 Å². The fourth-order valence-corrected chi connectivity index (χ4v) is 2.41. The number of rotatable bonds is 4. The molecule has 0 fully saturated rings. The van der Waals surface area contributed by atoms with Gasteiger partial charge in [0.05, 0.1) is 12.0 Å². The average Bonchev–Trinajstić information content (AvgIpc) is 2.45. The molecule has 2 aromatic carbocycles. The van der Waals surface area contributed by atoms with Gasteiger partial charge < -0.3 is 10.1 Å². The Morgan fingerprint density at radius 1 is 1.23 bits per heavy atom. The van der Waals surface area contributed by atoms with Gasteiger partial charge in [-0.2, -0.15) is 0 Å². The molecule has 2 aromatic rings. The topological polar surface area (TPSA) is 81.5 Å². The predicted molar refractivity (Wildman–Crippen MR) is 84.1 cm³/mol. The fourth-order valence-electron chi connectivity index (χ4n) is 1.88. The Morgan fingerprint density at radius 2 is 1.86 bits per heavy atom. The molecule has 0 bridgehead atoms. The number of carbonyl (C=O) groups is 1. The number of nitro benzene ring substituents is 1. The average molecular weight is 341 g/mol. The summed E-state index contributed by atoms with van der Waals surface area (Å²) in [5.74, 6) is -0.661. The highest BCUT2D eigenvalue weighted by Gasteiger charge is 2.25. The van der Waals surface area contributed by atoms with E-state index in [1.54, 1.807) is 0 Å².